The zero-order valence-corrected chi connectivity index (χ0v) is 16.7. The van der Waals surface area contributed by atoms with E-state index in [2.05, 4.69) is 29.4 Å². The maximum atomic E-state index is 12.9. The summed E-state index contributed by atoms with van der Waals surface area (Å²) in [4.78, 5) is 41.5. The minimum atomic E-state index is -0.760. The Morgan fingerprint density at radius 1 is 1.14 bits per heavy atom. The number of hydrogen-bond acceptors (Lipinski definition) is 4. The number of likely N-dealkylation sites (tertiary alicyclic amines) is 1. The zero-order valence-electron chi connectivity index (χ0n) is 16.7. The van der Waals surface area contributed by atoms with E-state index in [4.69, 9.17) is 0 Å². The minimum Gasteiger partial charge on any atom is -0.353 e. The normalized spacial score (nSPS) is 25.9. The van der Waals surface area contributed by atoms with Crippen molar-refractivity contribution in [2.45, 2.75) is 32.7 Å². The van der Waals surface area contributed by atoms with Crippen LogP contribution >= 0.6 is 0 Å². The molecule has 7 nitrogen and oxygen atoms in total. The van der Waals surface area contributed by atoms with Gasteiger partial charge in [-0.3, -0.25) is 19.3 Å². The Hall–Kier alpha value is -2.41. The van der Waals surface area contributed by atoms with Crippen LogP contribution in [0, 0.1) is 11.8 Å². The van der Waals surface area contributed by atoms with Crippen molar-refractivity contribution in [3.63, 3.8) is 0 Å². The molecular formula is C21H30N4O3. The van der Waals surface area contributed by atoms with Crippen molar-refractivity contribution in [1.29, 1.82) is 0 Å². The second-order valence-corrected chi connectivity index (χ2v) is 8.15. The molecule has 28 heavy (non-hydrogen) atoms. The molecule has 2 aliphatic heterocycles. The number of nitrogens with one attached hydrogen (secondary N) is 2. The SMILES string of the molecule is C[C@@H]1C[C@H](C)CN(CC(=O)N2CCNC(=O)[C@@H]2CC(=O)Nc2ccccc2)C1. The molecule has 0 aliphatic carbocycles. The monoisotopic (exact) mass is 386 g/mol. The standard InChI is InChI=1S/C21H30N4O3/c1-15-10-16(2)13-24(12-15)14-20(27)25-9-8-22-21(28)18(25)11-19(26)23-17-6-4-3-5-7-17/h3-7,15-16,18H,8-14H2,1-2H3,(H,22,28)(H,23,26)/t15-,16+,18-/m0/s1. The number of rotatable bonds is 5. The molecule has 0 bridgehead atoms. The summed E-state index contributed by atoms with van der Waals surface area (Å²) in [6.45, 7) is 7.38. The summed E-state index contributed by atoms with van der Waals surface area (Å²) in [5.41, 5.74) is 0.679. The number of nitrogens with zero attached hydrogens (tertiary/aromatic N) is 2. The van der Waals surface area contributed by atoms with Gasteiger partial charge in [0.1, 0.15) is 6.04 Å². The number of piperidine rings is 1. The third kappa shape index (κ3) is 5.32. The summed E-state index contributed by atoms with van der Waals surface area (Å²) in [6.07, 6.45) is 1.14. The van der Waals surface area contributed by atoms with Gasteiger partial charge in [0.05, 0.1) is 13.0 Å². The van der Waals surface area contributed by atoms with Crippen molar-refractivity contribution in [3.8, 4) is 0 Å². The van der Waals surface area contributed by atoms with Gasteiger partial charge in [0.15, 0.2) is 0 Å². The maximum Gasteiger partial charge on any atom is 0.243 e. The summed E-state index contributed by atoms with van der Waals surface area (Å²) in [6, 6.07) is 8.36. The van der Waals surface area contributed by atoms with Crippen molar-refractivity contribution in [2.24, 2.45) is 11.8 Å². The Morgan fingerprint density at radius 3 is 2.50 bits per heavy atom. The Labute approximate surface area is 166 Å². The van der Waals surface area contributed by atoms with Crippen LogP contribution in [-0.4, -0.2) is 66.3 Å². The summed E-state index contributed by atoms with van der Waals surface area (Å²) in [7, 11) is 0. The van der Waals surface area contributed by atoms with E-state index in [0.717, 1.165) is 13.1 Å². The Morgan fingerprint density at radius 2 is 1.82 bits per heavy atom. The molecule has 2 heterocycles. The fraction of sp³-hybridized carbons (Fsp3) is 0.571. The number of anilines is 1. The van der Waals surface area contributed by atoms with Crippen LogP contribution < -0.4 is 10.6 Å². The molecule has 3 amide bonds. The van der Waals surface area contributed by atoms with Crippen LogP contribution in [0.15, 0.2) is 30.3 Å². The average Bonchev–Trinajstić information content (AvgIpc) is 2.63. The van der Waals surface area contributed by atoms with Crippen molar-refractivity contribution in [1.82, 2.24) is 15.1 Å². The lowest BCUT2D eigenvalue weighted by atomic mass is 9.92. The number of carbonyl (C=O) groups is 3. The van der Waals surface area contributed by atoms with Gasteiger partial charge in [0.25, 0.3) is 0 Å². The summed E-state index contributed by atoms with van der Waals surface area (Å²) < 4.78 is 0. The highest BCUT2D eigenvalue weighted by atomic mass is 16.2. The van der Waals surface area contributed by atoms with Crippen molar-refractivity contribution >= 4 is 23.4 Å². The molecule has 0 saturated carbocycles. The van der Waals surface area contributed by atoms with E-state index < -0.39 is 6.04 Å². The summed E-state index contributed by atoms with van der Waals surface area (Å²) >= 11 is 0. The van der Waals surface area contributed by atoms with Crippen molar-refractivity contribution in [3.05, 3.63) is 30.3 Å². The van der Waals surface area contributed by atoms with Gasteiger partial charge in [-0.1, -0.05) is 32.0 Å². The topological polar surface area (TPSA) is 81.8 Å². The van der Waals surface area contributed by atoms with Crippen LogP contribution in [0.2, 0.25) is 0 Å². The molecule has 7 heteroatoms. The fourth-order valence-electron chi connectivity index (χ4n) is 4.33. The third-order valence-electron chi connectivity index (χ3n) is 5.39. The van der Waals surface area contributed by atoms with Gasteiger partial charge >= 0.3 is 0 Å². The molecule has 2 fully saturated rings. The van der Waals surface area contributed by atoms with Crippen LogP contribution in [0.1, 0.15) is 26.7 Å². The Kier molecular flexibility index (Phi) is 6.67. The molecular weight excluding hydrogens is 356 g/mol. The van der Waals surface area contributed by atoms with E-state index in [1.165, 1.54) is 6.42 Å². The van der Waals surface area contributed by atoms with E-state index in [1.807, 2.05) is 18.2 Å². The van der Waals surface area contributed by atoms with Gasteiger partial charge in [-0.05, 0) is 30.4 Å². The Balaban J connectivity index is 1.62. The first-order valence-electron chi connectivity index (χ1n) is 10.1. The second-order valence-electron chi connectivity index (χ2n) is 8.15. The Bertz CT molecular complexity index is 699. The molecule has 1 aromatic rings. The first-order chi connectivity index (χ1) is 13.4. The molecule has 3 rings (SSSR count). The van der Waals surface area contributed by atoms with Gasteiger partial charge < -0.3 is 15.5 Å². The largest absolute Gasteiger partial charge is 0.353 e. The highest BCUT2D eigenvalue weighted by Gasteiger charge is 2.35. The molecule has 1 aromatic carbocycles. The van der Waals surface area contributed by atoms with E-state index in [-0.39, 0.29) is 24.1 Å². The molecule has 0 aromatic heterocycles. The second kappa shape index (κ2) is 9.19. The zero-order chi connectivity index (χ0) is 20.1. The van der Waals surface area contributed by atoms with Crippen LogP contribution in [0.5, 0.6) is 0 Å². The van der Waals surface area contributed by atoms with Crippen LogP contribution in [0.3, 0.4) is 0 Å². The predicted molar refractivity (Wildman–Crippen MR) is 108 cm³/mol. The lowest BCUT2D eigenvalue weighted by Gasteiger charge is -2.38. The van der Waals surface area contributed by atoms with Gasteiger partial charge in [0.2, 0.25) is 17.7 Å². The molecule has 3 atom stereocenters. The maximum absolute atomic E-state index is 12.9. The molecule has 0 spiro atoms. The first-order valence-corrected chi connectivity index (χ1v) is 10.1. The number of piperazine rings is 1. The predicted octanol–water partition coefficient (Wildman–Crippen LogP) is 1.32. The van der Waals surface area contributed by atoms with E-state index in [0.29, 0.717) is 37.2 Å². The lowest BCUT2D eigenvalue weighted by molar-refractivity contribution is -0.145. The lowest BCUT2D eigenvalue weighted by Crippen LogP contribution is -2.60. The van der Waals surface area contributed by atoms with Gasteiger partial charge in [-0.2, -0.15) is 0 Å². The summed E-state index contributed by atoms with van der Waals surface area (Å²) in [5, 5.41) is 5.57. The van der Waals surface area contributed by atoms with Gasteiger partial charge in [-0.25, -0.2) is 0 Å². The number of carbonyl (C=O) groups excluding carboxylic acids is 3. The molecule has 2 saturated heterocycles. The average molecular weight is 386 g/mol. The molecule has 0 unspecified atom stereocenters. The van der Waals surface area contributed by atoms with Crippen LogP contribution in [0.25, 0.3) is 0 Å². The van der Waals surface area contributed by atoms with Crippen LogP contribution in [0.4, 0.5) is 5.69 Å². The van der Waals surface area contributed by atoms with E-state index in [9.17, 15) is 14.4 Å². The molecule has 2 N–H and O–H groups in total. The smallest absolute Gasteiger partial charge is 0.243 e. The van der Waals surface area contributed by atoms with Gasteiger partial charge in [-0.15, -0.1) is 0 Å². The van der Waals surface area contributed by atoms with E-state index >= 15 is 0 Å². The number of amides is 3. The highest BCUT2D eigenvalue weighted by Crippen LogP contribution is 2.21. The first kappa shape index (κ1) is 20.3. The number of para-hydroxylation sites is 1. The summed E-state index contributed by atoms with van der Waals surface area (Å²) in [5.74, 6) is 0.519. The molecule has 152 valence electrons. The third-order valence-corrected chi connectivity index (χ3v) is 5.39. The highest BCUT2D eigenvalue weighted by molar-refractivity contribution is 5.97. The minimum absolute atomic E-state index is 0.0424. The molecule has 2 aliphatic rings. The van der Waals surface area contributed by atoms with Crippen LogP contribution in [-0.2, 0) is 14.4 Å². The fourth-order valence-corrected chi connectivity index (χ4v) is 4.33. The molecule has 0 radical (unpaired) electrons. The number of benzene rings is 1. The van der Waals surface area contributed by atoms with Crippen molar-refractivity contribution < 1.29 is 14.4 Å². The quantitative estimate of drug-likeness (QED) is 0.800. The van der Waals surface area contributed by atoms with Crippen molar-refractivity contribution in [2.75, 3.05) is 38.0 Å². The van der Waals surface area contributed by atoms with E-state index in [1.54, 1.807) is 17.0 Å². The van der Waals surface area contributed by atoms with Gasteiger partial charge in [0, 0.05) is 31.9 Å². The number of hydrogen-bond donors (Lipinski definition) is 2.